The SMILES string of the molecule is CCCCCCCCCCCCCCC(C=O)CC(O)CO. The predicted molar refractivity (Wildman–Crippen MR) is 93.0 cm³/mol. The van der Waals surface area contributed by atoms with Crippen molar-refractivity contribution in [2.45, 2.75) is 103 Å². The van der Waals surface area contributed by atoms with Crippen LogP contribution >= 0.6 is 0 Å². The third-order valence-corrected chi connectivity index (χ3v) is 4.41. The molecular formula is C19H38O3. The van der Waals surface area contributed by atoms with Gasteiger partial charge in [-0.1, -0.05) is 84.0 Å². The molecule has 132 valence electrons. The van der Waals surface area contributed by atoms with E-state index in [4.69, 9.17) is 5.11 Å². The lowest BCUT2D eigenvalue weighted by molar-refractivity contribution is -0.112. The summed E-state index contributed by atoms with van der Waals surface area (Å²) < 4.78 is 0. The van der Waals surface area contributed by atoms with Crippen LogP contribution in [0.1, 0.15) is 96.8 Å². The van der Waals surface area contributed by atoms with Gasteiger partial charge in [0.05, 0.1) is 12.7 Å². The number of aliphatic hydroxyl groups is 2. The second-order valence-corrected chi connectivity index (χ2v) is 6.65. The predicted octanol–water partition coefficient (Wildman–Crippen LogP) is 4.64. The number of rotatable bonds is 17. The fraction of sp³-hybridized carbons (Fsp3) is 0.947. The van der Waals surface area contributed by atoms with Gasteiger partial charge in [0.15, 0.2) is 0 Å². The molecule has 0 aromatic heterocycles. The zero-order valence-corrected chi connectivity index (χ0v) is 14.6. The van der Waals surface area contributed by atoms with Gasteiger partial charge < -0.3 is 15.0 Å². The Kier molecular flexibility index (Phi) is 16.6. The van der Waals surface area contributed by atoms with Crippen LogP contribution < -0.4 is 0 Å². The molecule has 0 fully saturated rings. The van der Waals surface area contributed by atoms with Crippen LogP contribution in [-0.4, -0.2) is 29.2 Å². The molecule has 0 aliphatic heterocycles. The molecule has 0 rings (SSSR count). The molecule has 3 nitrogen and oxygen atoms in total. The van der Waals surface area contributed by atoms with Crippen molar-refractivity contribution in [1.29, 1.82) is 0 Å². The van der Waals surface area contributed by atoms with E-state index in [0.29, 0.717) is 6.42 Å². The minimum absolute atomic E-state index is 0.0923. The minimum Gasteiger partial charge on any atom is -0.394 e. The Morgan fingerprint density at radius 1 is 0.818 bits per heavy atom. The van der Waals surface area contributed by atoms with Gasteiger partial charge in [-0.25, -0.2) is 0 Å². The molecular weight excluding hydrogens is 276 g/mol. The summed E-state index contributed by atoms with van der Waals surface area (Å²) in [5.74, 6) is -0.0923. The number of carbonyl (C=O) groups is 1. The Morgan fingerprint density at radius 3 is 1.68 bits per heavy atom. The van der Waals surface area contributed by atoms with Crippen LogP contribution in [0.3, 0.4) is 0 Å². The van der Waals surface area contributed by atoms with Gasteiger partial charge in [-0.3, -0.25) is 0 Å². The average Bonchev–Trinajstić information content (AvgIpc) is 2.54. The van der Waals surface area contributed by atoms with Crippen LogP contribution in [0, 0.1) is 5.92 Å². The monoisotopic (exact) mass is 314 g/mol. The molecule has 2 atom stereocenters. The molecule has 0 radical (unpaired) electrons. The lowest BCUT2D eigenvalue weighted by Gasteiger charge is -2.13. The second kappa shape index (κ2) is 17.0. The van der Waals surface area contributed by atoms with Gasteiger partial charge in [0, 0.05) is 5.92 Å². The van der Waals surface area contributed by atoms with Crippen molar-refractivity contribution in [3.05, 3.63) is 0 Å². The maximum Gasteiger partial charge on any atom is 0.123 e. The van der Waals surface area contributed by atoms with Gasteiger partial charge in [0.2, 0.25) is 0 Å². The molecule has 0 aliphatic rings. The third-order valence-electron chi connectivity index (χ3n) is 4.41. The summed E-state index contributed by atoms with van der Waals surface area (Å²) in [6.45, 7) is 2.01. The third kappa shape index (κ3) is 14.5. The van der Waals surface area contributed by atoms with E-state index in [1.165, 1.54) is 70.6 Å². The lowest BCUT2D eigenvalue weighted by Crippen LogP contribution is -2.18. The average molecular weight is 315 g/mol. The first-order valence-electron chi connectivity index (χ1n) is 9.48. The summed E-state index contributed by atoms with van der Waals surface area (Å²) >= 11 is 0. The maximum absolute atomic E-state index is 10.9. The fourth-order valence-electron chi connectivity index (χ4n) is 2.91. The smallest absolute Gasteiger partial charge is 0.123 e. The van der Waals surface area contributed by atoms with Crippen molar-refractivity contribution in [1.82, 2.24) is 0 Å². The van der Waals surface area contributed by atoms with Crippen LogP contribution in [0.5, 0.6) is 0 Å². The van der Waals surface area contributed by atoms with E-state index in [9.17, 15) is 9.90 Å². The quantitative estimate of drug-likeness (QED) is 0.304. The molecule has 0 bridgehead atoms. The number of aliphatic hydroxyl groups excluding tert-OH is 2. The second-order valence-electron chi connectivity index (χ2n) is 6.65. The standard InChI is InChI=1S/C19H38O3/c1-2-3-4-5-6-7-8-9-10-11-12-13-14-18(16-20)15-19(22)17-21/h16,18-19,21-22H,2-15,17H2,1H3. The van der Waals surface area contributed by atoms with E-state index in [2.05, 4.69) is 6.92 Å². The minimum atomic E-state index is -0.743. The van der Waals surface area contributed by atoms with Crippen LogP contribution in [0.25, 0.3) is 0 Å². The van der Waals surface area contributed by atoms with Crippen LogP contribution in [-0.2, 0) is 4.79 Å². The highest BCUT2D eigenvalue weighted by Crippen LogP contribution is 2.16. The number of unbranched alkanes of at least 4 members (excludes halogenated alkanes) is 11. The van der Waals surface area contributed by atoms with Gasteiger partial charge in [-0.05, 0) is 12.8 Å². The van der Waals surface area contributed by atoms with Crippen LogP contribution in [0.15, 0.2) is 0 Å². The molecule has 3 heteroatoms. The molecule has 2 N–H and O–H groups in total. The number of carbonyl (C=O) groups excluding carboxylic acids is 1. The summed E-state index contributed by atoms with van der Waals surface area (Å²) in [7, 11) is 0. The van der Waals surface area contributed by atoms with Gasteiger partial charge in [0.1, 0.15) is 6.29 Å². The first kappa shape index (κ1) is 21.6. The van der Waals surface area contributed by atoms with Crippen molar-refractivity contribution in [3.8, 4) is 0 Å². The van der Waals surface area contributed by atoms with Crippen LogP contribution in [0.2, 0.25) is 0 Å². The fourth-order valence-corrected chi connectivity index (χ4v) is 2.91. The molecule has 22 heavy (non-hydrogen) atoms. The number of hydrogen-bond donors (Lipinski definition) is 2. The highest BCUT2D eigenvalue weighted by atomic mass is 16.3. The van der Waals surface area contributed by atoms with E-state index < -0.39 is 6.10 Å². The first-order valence-corrected chi connectivity index (χ1v) is 9.48. The lowest BCUT2D eigenvalue weighted by atomic mass is 9.96. The molecule has 0 spiro atoms. The molecule has 0 saturated heterocycles. The molecule has 0 aromatic rings. The van der Waals surface area contributed by atoms with Crippen molar-refractivity contribution in [2.75, 3.05) is 6.61 Å². The summed E-state index contributed by atoms with van der Waals surface area (Å²) in [6, 6.07) is 0. The summed E-state index contributed by atoms with van der Waals surface area (Å²) in [4.78, 5) is 10.9. The van der Waals surface area contributed by atoms with Crippen LogP contribution in [0.4, 0.5) is 0 Å². The molecule has 0 aromatic carbocycles. The molecule has 0 heterocycles. The van der Waals surface area contributed by atoms with Crippen molar-refractivity contribution in [3.63, 3.8) is 0 Å². The summed E-state index contributed by atoms with van der Waals surface area (Å²) in [5, 5.41) is 18.1. The summed E-state index contributed by atoms with van der Waals surface area (Å²) in [6.07, 6.45) is 17.2. The topological polar surface area (TPSA) is 57.5 Å². The summed E-state index contributed by atoms with van der Waals surface area (Å²) in [5.41, 5.74) is 0. The van der Waals surface area contributed by atoms with Crippen molar-refractivity contribution < 1.29 is 15.0 Å². The van der Waals surface area contributed by atoms with Gasteiger partial charge >= 0.3 is 0 Å². The maximum atomic E-state index is 10.9. The first-order chi connectivity index (χ1) is 10.7. The zero-order valence-electron chi connectivity index (χ0n) is 14.6. The largest absolute Gasteiger partial charge is 0.394 e. The molecule has 2 unspecified atom stereocenters. The van der Waals surface area contributed by atoms with Crippen molar-refractivity contribution in [2.24, 2.45) is 5.92 Å². The van der Waals surface area contributed by atoms with E-state index in [1.807, 2.05) is 0 Å². The van der Waals surface area contributed by atoms with Gasteiger partial charge in [-0.15, -0.1) is 0 Å². The molecule has 0 saturated carbocycles. The van der Waals surface area contributed by atoms with E-state index in [0.717, 1.165) is 19.1 Å². The number of aldehydes is 1. The highest BCUT2D eigenvalue weighted by molar-refractivity contribution is 5.53. The number of hydrogen-bond acceptors (Lipinski definition) is 3. The Bertz CT molecular complexity index is 231. The zero-order chi connectivity index (χ0) is 16.5. The Balaban J connectivity index is 3.26. The Hall–Kier alpha value is -0.410. The molecule has 0 aliphatic carbocycles. The van der Waals surface area contributed by atoms with Gasteiger partial charge in [0.25, 0.3) is 0 Å². The highest BCUT2D eigenvalue weighted by Gasteiger charge is 2.12. The van der Waals surface area contributed by atoms with Crippen molar-refractivity contribution >= 4 is 6.29 Å². The normalized spacial score (nSPS) is 14.0. The Labute approximate surface area is 137 Å². The van der Waals surface area contributed by atoms with E-state index in [1.54, 1.807) is 0 Å². The Morgan fingerprint density at radius 2 is 1.27 bits per heavy atom. The van der Waals surface area contributed by atoms with E-state index in [-0.39, 0.29) is 12.5 Å². The van der Waals surface area contributed by atoms with E-state index >= 15 is 0 Å². The van der Waals surface area contributed by atoms with Gasteiger partial charge in [-0.2, -0.15) is 0 Å². The molecule has 0 amide bonds.